The number of aromatic nitrogens is 1. The first-order valence-electron chi connectivity index (χ1n) is 6.76. The molecule has 1 aromatic heterocycles. The molecule has 1 saturated carbocycles. The van der Waals surface area contributed by atoms with Gasteiger partial charge >= 0.3 is 5.97 Å². The highest BCUT2D eigenvalue weighted by molar-refractivity contribution is 5.96. The number of carboxylic acids is 1. The van der Waals surface area contributed by atoms with Crippen molar-refractivity contribution < 1.29 is 19.4 Å². The summed E-state index contributed by atoms with van der Waals surface area (Å²) in [5.74, 6) is -1.46. The Morgan fingerprint density at radius 3 is 2.85 bits per heavy atom. The fraction of sp³-hybridized carbons (Fsp3) is 0.500. The second-order valence-corrected chi connectivity index (χ2v) is 4.77. The Labute approximate surface area is 117 Å². The highest BCUT2D eigenvalue weighted by Crippen LogP contribution is 2.20. The molecule has 0 radical (unpaired) electrons. The maximum absolute atomic E-state index is 11.8. The number of carbonyl (C=O) groups excluding carboxylic acids is 1. The Morgan fingerprint density at radius 2 is 2.15 bits per heavy atom. The zero-order valence-electron chi connectivity index (χ0n) is 11.2. The number of nitrogens with one attached hydrogen (secondary N) is 1. The summed E-state index contributed by atoms with van der Waals surface area (Å²) in [6.07, 6.45) is 6.26. The molecular weight excluding hydrogens is 260 g/mol. The number of hydrogen-bond donors (Lipinski definition) is 2. The van der Waals surface area contributed by atoms with Crippen LogP contribution in [0.2, 0.25) is 0 Å². The number of ether oxygens (including phenoxy) is 1. The highest BCUT2D eigenvalue weighted by Gasteiger charge is 2.15. The molecule has 0 bridgehead atoms. The van der Waals surface area contributed by atoms with Gasteiger partial charge in [0.1, 0.15) is 5.69 Å². The molecule has 0 saturated heterocycles. The van der Waals surface area contributed by atoms with Crippen LogP contribution in [0.25, 0.3) is 0 Å². The van der Waals surface area contributed by atoms with Crippen molar-refractivity contribution in [3.8, 4) is 0 Å². The molecule has 1 fully saturated rings. The topological polar surface area (TPSA) is 88.5 Å². The van der Waals surface area contributed by atoms with E-state index >= 15 is 0 Å². The van der Waals surface area contributed by atoms with Gasteiger partial charge in [-0.1, -0.05) is 12.8 Å². The van der Waals surface area contributed by atoms with Crippen molar-refractivity contribution in [2.75, 3.05) is 13.2 Å². The molecule has 2 rings (SSSR count). The van der Waals surface area contributed by atoms with Gasteiger partial charge in [-0.15, -0.1) is 0 Å². The molecule has 0 aliphatic heterocycles. The monoisotopic (exact) mass is 278 g/mol. The minimum absolute atomic E-state index is 0.139. The molecule has 1 aliphatic carbocycles. The molecule has 20 heavy (non-hydrogen) atoms. The average molecular weight is 278 g/mol. The molecule has 0 spiro atoms. The summed E-state index contributed by atoms with van der Waals surface area (Å²) in [5.41, 5.74) is 0.151. The molecule has 108 valence electrons. The number of pyridine rings is 1. The van der Waals surface area contributed by atoms with E-state index in [0.29, 0.717) is 24.8 Å². The van der Waals surface area contributed by atoms with Gasteiger partial charge in [-0.25, -0.2) is 9.78 Å². The van der Waals surface area contributed by atoms with E-state index in [0.717, 1.165) is 12.8 Å². The molecule has 6 nitrogen and oxygen atoms in total. The van der Waals surface area contributed by atoms with E-state index in [1.165, 1.54) is 31.2 Å². The molecule has 0 atom stereocenters. The van der Waals surface area contributed by atoms with Crippen molar-refractivity contribution in [1.82, 2.24) is 10.3 Å². The maximum atomic E-state index is 11.8. The molecule has 1 amide bonds. The zero-order valence-corrected chi connectivity index (χ0v) is 11.2. The Bertz CT molecular complexity index is 484. The van der Waals surface area contributed by atoms with Gasteiger partial charge in [-0.2, -0.15) is 0 Å². The van der Waals surface area contributed by atoms with Gasteiger partial charge in [0.05, 0.1) is 12.7 Å². The van der Waals surface area contributed by atoms with Gasteiger partial charge < -0.3 is 15.2 Å². The molecule has 2 N–H and O–H groups in total. The van der Waals surface area contributed by atoms with Crippen molar-refractivity contribution in [1.29, 1.82) is 0 Å². The van der Waals surface area contributed by atoms with Crippen LogP contribution in [0.15, 0.2) is 18.3 Å². The predicted octanol–water partition coefficient (Wildman–Crippen LogP) is 1.47. The third-order valence-electron chi connectivity index (χ3n) is 3.28. The van der Waals surface area contributed by atoms with Gasteiger partial charge in [0.15, 0.2) is 0 Å². The number of aromatic carboxylic acids is 1. The van der Waals surface area contributed by atoms with Crippen molar-refractivity contribution in [3.63, 3.8) is 0 Å². The zero-order chi connectivity index (χ0) is 14.4. The number of rotatable bonds is 6. The summed E-state index contributed by atoms with van der Waals surface area (Å²) < 4.78 is 5.63. The molecular formula is C14H18N2O4. The molecule has 0 aromatic carbocycles. The van der Waals surface area contributed by atoms with Crippen molar-refractivity contribution in [3.05, 3.63) is 29.6 Å². The van der Waals surface area contributed by atoms with Gasteiger partial charge in [-0.05, 0) is 25.0 Å². The quantitative estimate of drug-likeness (QED) is 0.769. The van der Waals surface area contributed by atoms with Crippen molar-refractivity contribution >= 4 is 11.9 Å². The minimum Gasteiger partial charge on any atom is -0.477 e. The SMILES string of the molecule is O=C(NCCOC1CCCC1)c1ccnc(C(=O)O)c1. The van der Waals surface area contributed by atoms with Gasteiger partial charge in [0.2, 0.25) is 0 Å². The molecule has 1 aliphatic rings. The normalized spacial score (nSPS) is 15.2. The molecule has 1 heterocycles. The fourth-order valence-corrected chi connectivity index (χ4v) is 2.24. The van der Waals surface area contributed by atoms with Gasteiger partial charge in [-0.3, -0.25) is 4.79 Å². The average Bonchev–Trinajstić information content (AvgIpc) is 2.96. The van der Waals surface area contributed by atoms with Crippen molar-refractivity contribution in [2.24, 2.45) is 0 Å². The first-order valence-corrected chi connectivity index (χ1v) is 6.76. The minimum atomic E-state index is -1.15. The summed E-state index contributed by atoms with van der Waals surface area (Å²) >= 11 is 0. The number of nitrogens with zero attached hydrogens (tertiary/aromatic N) is 1. The summed E-state index contributed by atoms with van der Waals surface area (Å²) in [5, 5.41) is 11.5. The van der Waals surface area contributed by atoms with Crippen LogP contribution in [0.3, 0.4) is 0 Å². The van der Waals surface area contributed by atoms with Crippen LogP contribution in [0.1, 0.15) is 46.5 Å². The summed E-state index contributed by atoms with van der Waals surface area (Å²) in [4.78, 5) is 26.3. The van der Waals surface area contributed by atoms with Crippen LogP contribution in [0.5, 0.6) is 0 Å². The molecule has 0 unspecified atom stereocenters. The van der Waals surface area contributed by atoms with Crippen LogP contribution in [-0.2, 0) is 4.74 Å². The second-order valence-electron chi connectivity index (χ2n) is 4.77. The standard InChI is InChI=1S/C14H18N2O4/c17-13(10-5-6-15-12(9-10)14(18)19)16-7-8-20-11-3-1-2-4-11/h5-6,9,11H,1-4,7-8H2,(H,16,17)(H,18,19). The van der Waals surface area contributed by atoms with E-state index in [2.05, 4.69) is 10.3 Å². The van der Waals surface area contributed by atoms with E-state index in [4.69, 9.17) is 9.84 Å². The third kappa shape index (κ3) is 4.03. The Kier molecular flexibility index (Phi) is 5.06. The number of hydrogen-bond acceptors (Lipinski definition) is 4. The smallest absolute Gasteiger partial charge is 0.354 e. The Hall–Kier alpha value is -1.95. The number of carbonyl (C=O) groups is 2. The predicted molar refractivity (Wildman–Crippen MR) is 71.7 cm³/mol. The lowest BCUT2D eigenvalue weighted by Gasteiger charge is -2.11. The fourth-order valence-electron chi connectivity index (χ4n) is 2.24. The summed E-state index contributed by atoms with van der Waals surface area (Å²) in [7, 11) is 0. The lowest BCUT2D eigenvalue weighted by atomic mass is 10.2. The van der Waals surface area contributed by atoms with Crippen LogP contribution in [-0.4, -0.2) is 41.2 Å². The molecule has 6 heteroatoms. The van der Waals surface area contributed by atoms with Crippen LogP contribution in [0.4, 0.5) is 0 Å². The summed E-state index contributed by atoms with van der Waals surface area (Å²) in [6, 6.07) is 2.75. The number of carboxylic acid groups (broad SMARTS) is 1. The second kappa shape index (κ2) is 7.00. The van der Waals surface area contributed by atoms with Crippen LogP contribution in [0, 0.1) is 0 Å². The lowest BCUT2D eigenvalue weighted by molar-refractivity contribution is 0.0581. The van der Waals surface area contributed by atoms with Crippen LogP contribution >= 0.6 is 0 Å². The van der Waals surface area contributed by atoms with E-state index in [1.807, 2.05) is 0 Å². The van der Waals surface area contributed by atoms with Crippen molar-refractivity contribution in [2.45, 2.75) is 31.8 Å². The van der Waals surface area contributed by atoms with E-state index in [9.17, 15) is 9.59 Å². The first kappa shape index (κ1) is 14.5. The lowest BCUT2D eigenvalue weighted by Crippen LogP contribution is -2.28. The summed E-state index contributed by atoms with van der Waals surface area (Å²) in [6.45, 7) is 0.896. The Morgan fingerprint density at radius 1 is 1.40 bits per heavy atom. The van der Waals surface area contributed by atoms with E-state index in [-0.39, 0.29) is 11.6 Å². The third-order valence-corrected chi connectivity index (χ3v) is 3.28. The largest absolute Gasteiger partial charge is 0.477 e. The van der Waals surface area contributed by atoms with E-state index < -0.39 is 5.97 Å². The van der Waals surface area contributed by atoms with Gasteiger partial charge in [0.25, 0.3) is 5.91 Å². The first-order chi connectivity index (χ1) is 9.66. The highest BCUT2D eigenvalue weighted by atomic mass is 16.5. The number of amides is 1. The molecule has 1 aromatic rings. The maximum Gasteiger partial charge on any atom is 0.354 e. The van der Waals surface area contributed by atoms with Gasteiger partial charge in [0, 0.05) is 18.3 Å². The Balaban J connectivity index is 1.76. The van der Waals surface area contributed by atoms with Crippen LogP contribution < -0.4 is 5.32 Å². The van der Waals surface area contributed by atoms with E-state index in [1.54, 1.807) is 0 Å².